The molecule has 6 aromatic carbocycles. The number of aryl methyl sites for hydroxylation is 4. The van der Waals surface area contributed by atoms with Crippen molar-refractivity contribution < 1.29 is 61.5 Å². The van der Waals surface area contributed by atoms with E-state index in [1.54, 1.807) is 91.8 Å². The number of carbonyl (C=O) groups is 3. The number of aliphatic hydroxyl groups is 3. The zero-order valence-electron chi connectivity index (χ0n) is 65.7. The van der Waals surface area contributed by atoms with Gasteiger partial charge in [-0.25, -0.2) is 61.5 Å². The highest BCUT2D eigenvalue weighted by Gasteiger charge is 2.47. The van der Waals surface area contributed by atoms with E-state index in [1.165, 1.54) is 35.1 Å². The van der Waals surface area contributed by atoms with Crippen molar-refractivity contribution in [3.8, 4) is 50.6 Å². The van der Waals surface area contributed by atoms with Crippen LogP contribution < -0.4 is 30.2 Å². The highest BCUT2D eigenvalue weighted by molar-refractivity contribution is 6.02. The van der Waals surface area contributed by atoms with Crippen LogP contribution in [-0.2, 0) is 6.42 Å². The predicted molar refractivity (Wildman–Crippen MR) is 430 cm³/mol. The summed E-state index contributed by atoms with van der Waals surface area (Å²) in [5.74, 6) is -2.90. The number of hydrogen-bond donors (Lipinski definition) is 6. The Labute approximate surface area is 672 Å². The van der Waals surface area contributed by atoms with Crippen molar-refractivity contribution in [3.63, 3.8) is 0 Å². The Kier molecular flexibility index (Phi) is 22.8. The first-order valence-electron chi connectivity index (χ1n) is 39.2. The van der Waals surface area contributed by atoms with Gasteiger partial charge in [0.05, 0.1) is 60.9 Å². The molecule has 28 heteroatoms. The van der Waals surface area contributed by atoms with Crippen molar-refractivity contribution >= 4 is 35.2 Å². The lowest BCUT2D eigenvalue weighted by Gasteiger charge is -2.29. The van der Waals surface area contributed by atoms with Crippen LogP contribution >= 0.6 is 0 Å². The SMILES string of the molecule is Cc1ccc(OCCCC(C)(C)O)cc1-c1ccnc(NC(=O)c2nc3n(n2)C(c2ccc(F)cc2)CC3CC(C)(O)CCCOc2ccc(C)c(-c3ccnc(NC(=O)c4nc5n(n4)C(c4c(F)cccc4F)CC5C(C)(O)CCCOc4ccc(C)c(-c5cc(NC(=O)c6nc7n(n6)C(c6ccccc6)CC7)ncc5F)c4)c3)c2)c1. The average Bonchev–Trinajstić information content (AvgIpc) is 1.59. The van der Waals surface area contributed by atoms with Gasteiger partial charge < -0.3 is 45.5 Å². The summed E-state index contributed by atoms with van der Waals surface area (Å²) in [6, 6.07) is 43.1. The molecule has 117 heavy (non-hydrogen) atoms. The third-order valence-corrected chi connectivity index (χ3v) is 22.1. The molecule has 0 saturated carbocycles. The number of anilines is 3. The molecule has 0 radical (unpaired) electrons. The van der Waals surface area contributed by atoms with Gasteiger partial charge >= 0.3 is 0 Å². The molecule has 3 aliphatic rings. The number of benzene rings is 6. The summed E-state index contributed by atoms with van der Waals surface area (Å²) < 4.78 is 84.9. The minimum atomic E-state index is -1.59. The summed E-state index contributed by atoms with van der Waals surface area (Å²) in [6.45, 7) is 13.4. The van der Waals surface area contributed by atoms with Gasteiger partial charge in [0.25, 0.3) is 17.7 Å². The molecule has 0 saturated heterocycles. The molecule has 0 aliphatic carbocycles. The van der Waals surface area contributed by atoms with E-state index in [0.29, 0.717) is 90.7 Å². The minimum Gasteiger partial charge on any atom is -0.494 e. The van der Waals surface area contributed by atoms with E-state index in [4.69, 9.17) is 24.3 Å². The standard InChI is InChI=1S/C89H89F4N15O9/c1-51-19-26-60(115-38-12-33-87(4,5)112)44-63(51)56-31-36-94-74(42-56)97-85(110)80-101-82-58(41-72(107(82)104-80)55-22-24-59(90)25-23-55)49-88(6,113)34-13-39-116-61-27-20-52(2)64(45-61)57-32-37-95-75(43-57)98-86(111)81-102-83-67(48-73(108(83)105-81)78-68(91)17-11-18-69(78)92)89(7,114)35-14-40-117-62-28-21-53(3)65(46-62)66-47-76(96-50-70(66)93)99-84(109)79-100-77-30-29-71(106(77)103-79)54-15-9-8-10-16-54/h8-11,15-28,31-32,36-37,42-47,50,58,67,71-73,112-114H,12-14,29-30,33-35,38-41,48-49H2,1-7H3,(H,94,97,110)(H,95,98,111)(H,96,99,109). The predicted octanol–water partition coefficient (Wildman–Crippen LogP) is 16.1. The van der Waals surface area contributed by atoms with Crippen molar-refractivity contribution in [1.29, 1.82) is 0 Å². The molecule has 0 fully saturated rings. The number of fused-ring (bicyclic) bond motifs is 3. The Bertz CT molecular complexity index is 5670. The van der Waals surface area contributed by atoms with Crippen LogP contribution in [0.5, 0.6) is 17.2 Å². The maximum atomic E-state index is 15.8. The van der Waals surface area contributed by atoms with Crippen LogP contribution in [0.1, 0.15) is 205 Å². The van der Waals surface area contributed by atoms with E-state index in [9.17, 15) is 34.1 Å². The molecule has 15 rings (SSSR count). The second-order valence-electron chi connectivity index (χ2n) is 31.6. The zero-order valence-corrected chi connectivity index (χ0v) is 65.7. The van der Waals surface area contributed by atoms with Gasteiger partial charge in [0.15, 0.2) is 0 Å². The molecular formula is C89H89F4N15O9. The number of nitrogens with one attached hydrogen (secondary N) is 3. The summed E-state index contributed by atoms with van der Waals surface area (Å²) in [7, 11) is 0. The van der Waals surface area contributed by atoms with E-state index < -0.39 is 75.8 Å². The number of hydrogen-bond acceptors (Lipinski definition) is 18. The van der Waals surface area contributed by atoms with Gasteiger partial charge in [0.2, 0.25) is 17.5 Å². The summed E-state index contributed by atoms with van der Waals surface area (Å²) >= 11 is 0. The van der Waals surface area contributed by atoms with Gasteiger partial charge in [-0.1, -0.05) is 66.7 Å². The van der Waals surface area contributed by atoms with E-state index in [1.807, 2.05) is 93.6 Å². The Morgan fingerprint density at radius 2 is 0.991 bits per heavy atom. The second-order valence-corrected chi connectivity index (χ2v) is 31.6. The van der Waals surface area contributed by atoms with Crippen molar-refractivity contribution in [2.24, 2.45) is 0 Å². The molecule has 12 aromatic rings. The number of carbonyl (C=O) groups excluding carboxylic acids is 3. The third kappa shape index (κ3) is 18.0. The lowest BCUT2D eigenvalue weighted by molar-refractivity contribution is 0.0151. The largest absolute Gasteiger partial charge is 0.494 e. The van der Waals surface area contributed by atoms with Crippen LogP contribution in [-0.4, -0.2) is 129 Å². The maximum Gasteiger partial charge on any atom is 0.296 e. The number of aromatic nitrogens is 12. The van der Waals surface area contributed by atoms with Gasteiger partial charge in [-0.05, 0) is 259 Å². The lowest BCUT2D eigenvalue weighted by atomic mass is 9.82. The average molecular weight is 1590 g/mol. The van der Waals surface area contributed by atoms with Gasteiger partial charge in [-0.15, -0.1) is 15.3 Å². The number of halogens is 4. The van der Waals surface area contributed by atoms with E-state index in [2.05, 4.69) is 51.1 Å². The molecule has 602 valence electrons. The smallest absolute Gasteiger partial charge is 0.296 e. The molecule has 9 heterocycles. The fraction of sp³-hybridized carbons (Fsp3) is 0.326. The minimum absolute atomic E-state index is 0.00925. The van der Waals surface area contributed by atoms with Gasteiger partial charge in [0, 0.05) is 41.8 Å². The highest BCUT2D eigenvalue weighted by Crippen LogP contribution is 2.48. The summed E-state index contributed by atoms with van der Waals surface area (Å²) in [5, 5.41) is 56.8. The van der Waals surface area contributed by atoms with Gasteiger partial charge in [-0.2, -0.15) is 0 Å². The Morgan fingerprint density at radius 1 is 0.487 bits per heavy atom. The Hall–Kier alpha value is -12.4. The fourth-order valence-electron chi connectivity index (χ4n) is 16.0. The molecule has 0 bridgehead atoms. The molecule has 7 unspecified atom stereocenters. The van der Waals surface area contributed by atoms with E-state index in [0.717, 1.165) is 63.7 Å². The van der Waals surface area contributed by atoms with Crippen LogP contribution in [0.3, 0.4) is 0 Å². The van der Waals surface area contributed by atoms with Gasteiger partial charge in [0.1, 0.15) is 75.4 Å². The Balaban J connectivity index is 0.566. The summed E-state index contributed by atoms with van der Waals surface area (Å²) in [5.41, 5.74) is 4.27. The van der Waals surface area contributed by atoms with Crippen LogP contribution in [0.2, 0.25) is 0 Å². The number of ether oxygens (including phenoxy) is 3. The molecule has 0 spiro atoms. The molecule has 6 aromatic heterocycles. The first kappa shape index (κ1) is 79.8. The molecular weight excluding hydrogens is 1500 g/mol. The van der Waals surface area contributed by atoms with Crippen LogP contribution in [0.15, 0.2) is 176 Å². The number of nitrogens with zero attached hydrogens (tertiary/aromatic N) is 12. The van der Waals surface area contributed by atoms with E-state index >= 15 is 13.2 Å². The van der Waals surface area contributed by atoms with Crippen molar-refractivity contribution in [1.82, 2.24) is 59.2 Å². The molecule has 7 atom stereocenters. The zero-order chi connectivity index (χ0) is 82.0. The monoisotopic (exact) mass is 1590 g/mol. The van der Waals surface area contributed by atoms with Crippen LogP contribution in [0.4, 0.5) is 35.0 Å². The quantitative estimate of drug-likeness (QED) is 0.0180. The first-order valence-corrected chi connectivity index (χ1v) is 39.2. The number of rotatable bonds is 30. The van der Waals surface area contributed by atoms with Crippen LogP contribution in [0.25, 0.3) is 33.4 Å². The van der Waals surface area contributed by atoms with Crippen molar-refractivity contribution in [2.75, 3.05) is 35.8 Å². The first-order chi connectivity index (χ1) is 56.1. The molecule has 6 N–H and O–H groups in total. The number of amides is 3. The Morgan fingerprint density at radius 3 is 1.57 bits per heavy atom. The normalized spacial score (nSPS) is 17.2. The highest BCUT2D eigenvalue weighted by atomic mass is 19.1. The third-order valence-electron chi connectivity index (χ3n) is 22.1. The molecule has 24 nitrogen and oxygen atoms in total. The molecule has 3 aliphatic heterocycles. The summed E-state index contributed by atoms with van der Waals surface area (Å²) in [6.07, 6.45) is 8.79. The van der Waals surface area contributed by atoms with Crippen molar-refractivity contribution in [2.45, 2.75) is 166 Å². The van der Waals surface area contributed by atoms with Crippen LogP contribution in [0, 0.1) is 44.0 Å². The number of pyridine rings is 3. The van der Waals surface area contributed by atoms with Crippen molar-refractivity contribution in [3.05, 3.63) is 268 Å². The molecule has 3 amide bonds. The fourth-order valence-corrected chi connectivity index (χ4v) is 16.0. The topological polar surface area (TPSA) is 306 Å². The second kappa shape index (κ2) is 33.4. The van der Waals surface area contributed by atoms with E-state index in [-0.39, 0.29) is 103 Å². The summed E-state index contributed by atoms with van der Waals surface area (Å²) in [4.78, 5) is 68.8. The van der Waals surface area contributed by atoms with Gasteiger partial charge in [-0.3, -0.25) is 14.4 Å². The lowest BCUT2D eigenvalue weighted by Crippen LogP contribution is -2.33. The maximum absolute atomic E-state index is 15.8.